The Morgan fingerprint density at radius 3 is 2.50 bits per heavy atom. The molecular weight excluding hydrogens is 305 g/mol. The zero-order valence-electron chi connectivity index (χ0n) is 12.6. The lowest BCUT2D eigenvalue weighted by atomic mass is 10.1. The summed E-state index contributed by atoms with van der Waals surface area (Å²) in [6.45, 7) is 3.29. The number of ether oxygens (including phenoxy) is 1. The Kier molecular flexibility index (Phi) is 4.83. The van der Waals surface area contributed by atoms with Gasteiger partial charge in [0.05, 0.1) is 12.0 Å². The van der Waals surface area contributed by atoms with Gasteiger partial charge in [-0.3, -0.25) is 0 Å². The summed E-state index contributed by atoms with van der Waals surface area (Å²) in [5.41, 5.74) is 1.09. The molecule has 0 fully saturated rings. The van der Waals surface area contributed by atoms with Gasteiger partial charge in [-0.15, -0.1) is 0 Å². The molecule has 0 saturated heterocycles. The maximum Gasteiger partial charge on any atom is 0.241 e. The SMILES string of the molecule is COc1ccccc1[C@@H](C)NS(=O)(=O)c1ccc(F)cc1C. The summed E-state index contributed by atoms with van der Waals surface area (Å²) < 4.78 is 45.9. The van der Waals surface area contributed by atoms with Crippen molar-refractivity contribution in [1.82, 2.24) is 4.72 Å². The number of hydrogen-bond donors (Lipinski definition) is 1. The summed E-state index contributed by atoms with van der Waals surface area (Å²) in [4.78, 5) is 0.0654. The van der Waals surface area contributed by atoms with Crippen LogP contribution in [-0.4, -0.2) is 15.5 Å². The molecule has 1 atom stereocenters. The Bertz CT molecular complexity index is 775. The summed E-state index contributed by atoms with van der Waals surface area (Å²) in [5.74, 6) is 0.141. The minimum atomic E-state index is -3.75. The fourth-order valence-electron chi connectivity index (χ4n) is 2.30. The van der Waals surface area contributed by atoms with Crippen LogP contribution in [0.2, 0.25) is 0 Å². The van der Waals surface area contributed by atoms with Gasteiger partial charge in [0.2, 0.25) is 10.0 Å². The number of benzene rings is 2. The number of para-hydroxylation sites is 1. The highest BCUT2D eigenvalue weighted by Gasteiger charge is 2.22. The second-order valence-corrected chi connectivity index (χ2v) is 6.68. The van der Waals surface area contributed by atoms with E-state index in [2.05, 4.69) is 4.72 Å². The molecule has 0 aliphatic carbocycles. The summed E-state index contributed by atoms with van der Waals surface area (Å²) in [7, 11) is -2.22. The van der Waals surface area contributed by atoms with E-state index < -0.39 is 21.9 Å². The predicted octanol–water partition coefficient (Wildman–Crippen LogP) is 3.18. The molecule has 2 aromatic carbocycles. The van der Waals surface area contributed by atoms with Gasteiger partial charge in [-0.25, -0.2) is 17.5 Å². The molecule has 0 bridgehead atoms. The first-order chi connectivity index (χ1) is 10.3. The first-order valence-corrected chi connectivity index (χ1v) is 8.25. The molecule has 6 heteroatoms. The van der Waals surface area contributed by atoms with Crippen molar-refractivity contribution in [2.75, 3.05) is 7.11 Å². The highest BCUT2D eigenvalue weighted by molar-refractivity contribution is 7.89. The number of nitrogens with one attached hydrogen (secondary N) is 1. The molecule has 0 spiro atoms. The van der Waals surface area contributed by atoms with Gasteiger partial charge >= 0.3 is 0 Å². The van der Waals surface area contributed by atoms with Crippen molar-refractivity contribution in [3.63, 3.8) is 0 Å². The zero-order chi connectivity index (χ0) is 16.3. The summed E-state index contributed by atoms with van der Waals surface area (Å²) in [6, 6.07) is 10.3. The van der Waals surface area contributed by atoms with Crippen molar-refractivity contribution < 1.29 is 17.5 Å². The molecule has 0 aromatic heterocycles. The molecule has 0 amide bonds. The number of hydrogen-bond acceptors (Lipinski definition) is 3. The second-order valence-electron chi connectivity index (χ2n) is 4.99. The van der Waals surface area contributed by atoms with Crippen LogP contribution >= 0.6 is 0 Å². The summed E-state index contributed by atoms with van der Waals surface area (Å²) in [6.07, 6.45) is 0. The van der Waals surface area contributed by atoms with E-state index in [0.717, 1.165) is 11.6 Å². The van der Waals surface area contributed by atoms with Crippen molar-refractivity contribution in [3.8, 4) is 5.75 Å². The van der Waals surface area contributed by atoms with E-state index >= 15 is 0 Å². The van der Waals surface area contributed by atoms with Crippen LogP contribution in [-0.2, 0) is 10.0 Å². The lowest BCUT2D eigenvalue weighted by Gasteiger charge is -2.18. The normalized spacial score (nSPS) is 12.9. The van der Waals surface area contributed by atoms with Crippen LogP contribution < -0.4 is 9.46 Å². The number of aryl methyl sites for hydroxylation is 1. The third-order valence-corrected chi connectivity index (χ3v) is 5.06. The highest BCUT2D eigenvalue weighted by atomic mass is 32.2. The van der Waals surface area contributed by atoms with Gasteiger partial charge in [0, 0.05) is 11.6 Å². The summed E-state index contributed by atoms with van der Waals surface area (Å²) in [5, 5.41) is 0. The maximum absolute atomic E-state index is 13.1. The van der Waals surface area contributed by atoms with Crippen LogP contribution in [0, 0.1) is 12.7 Å². The molecule has 0 heterocycles. The topological polar surface area (TPSA) is 55.4 Å². The average molecular weight is 323 g/mol. The monoisotopic (exact) mass is 323 g/mol. The number of halogens is 1. The third-order valence-electron chi connectivity index (χ3n) is 3.36. The molecule has 22 heavy (non-hydrogen) atoms. The lowest BCUT2D eigenvalue weighted by molar-refractivity contribution is 0.405. The van der Waals surface area contributed by atoms with Crippen molar-refractivity contribution in [1.29, 1.82) is 0 Å². The van der Waals surface area contributed by atoms with E-state index in [1.807, 2.05) is 12.1 Å². The molecule has 0 aliphatic rings. The van der Waals surface area contributed by atoms with E-state index in [4.69, 9.17) is 4.74 Å². The molecule has 2 rings (SSSR count). The molecule has 0 unspecified atom stereocenters. The molecular formula is C16H18FNO3S. The second kappa shape index (κ2) is 6.46. The zero-order valence-corrected chi connectivity index (χ0v) is 13.4. The molecule has 0 aliphatic heterocycles. The van der Waals surface area contributed by atoms with Crippen LogP contribution in [0.25, 0.3) is 0 Å². The molecule has 118 valence electrons. The minimum Gasteiger partial charge on any atom is -0.496 e. The van der Waals surface area contributed by atoms with E-state index in [0.29, 0.717) is 11.3 Å². The number of sulfonamides is 1. The van der Waals surface area contributed by atoms with Crippen molar-refractivity contribution in [2.24, 2.45) is 0 Å². The van der Waals surface area contributed by atoms with Crippen molar-refractivity contribution in [3.05, 3.63) is 59.4 Å². The molecule has 0 radical (unpaired) electrons. The molecule has 2 aromatic rings. The summed E-state index contributed by atoms with van der Waals surface area (Å²) >= 11 is 0. The standard InChI is InChI=1S/C16H18FNO3S/c1-11-10-13(17)8-9-16(11)22(19,20)18-12(2)14-6-4-5-7-15(14)21-3/h4-10,12,18H,1-3H3/t12-/m1/s1. The van der Waals surface area contributed by atoms with Gasteiger partial charge < -0.3 is 4.74 Å². The van der Waals surface area contributed by atoms with E-state index in [1.165, 1.54) is 19.2 Å². The van der Waals surface area contributed by atoms with Gasteiger partial charge in [-0.1, -0.05) is 18.2 Å². The van der Waals surface area contributed by atoms with E-state index in [9.17, 15) is 12.8 Å². The predicted molar refractivity (Wildman–Crippen MR) is 82.9 cm³/mol. The largest absolute Gasteiger partial charge is 0.496 e. The van der Waals surface area contributed by atoms with Gasteiger partial charge in [-0.2, -0.15) is 0 Å². The Morgan fingerprint density at radius 1 is 1.18 bits per heavy atom. The fourth-order valence-corrected chi connectivity index (χ4v) is 3.75. The van der Waals surface area contributed by atoms with Gasteiger partial charge in [0.25, 0.3) is 0 Å². The number of methoxy groups -OCH3 is 1. The highest BCUT2D eigenvalue weighted by Crippen LogP contribution is 2.26. The minimum absolute atomic E-state index is 0.0654. The lowest BCUT2D eigenvalue weighted by Crippen LogP contribution is -2.27. The van der Waals surface area contributed by atoms with Crippen LogP contribution in [0.4, 0.5) is 4.39 Å². The Hall–Kier alpha value is -1.92. The van der Waals surface area contributed by atoms with Crippen LogP contribution in [0.1, 0.15) is 24.1 Å². The Labute approximate surface area is 130 Å². The Balaban J connectivity index is 2.32. The first kappa shape index (κ1) is 16.5. The third kappa shape index (κ3) is 3.45. The van der Waals surface area contributed by atoms with Gasteiger partial charge in [0.15, 0.2) is 0 Å². The van der Waals surface area contributed by atoms with Gasteiger partial charge in [-0.05, 0) is 43.7 Å². The molecule has 1 N–H and O–H groups in total. The maximum atomic E-state index is 13.1. The molecule has 4 nitrogen and oxygen atoms in total. The average Bonchev–Trinajstić information content (AvgIpc) is 2.46. The quantitative estimate of drug-likeness (QED) is 0.919. The van der Waals surface area contributed by atoms with Crippen LogP contribution in [0.5, 0.6) is 5.75 Å². The number of rotatable bonds is 5. The smallest absolute Gasteiger partial charge is 0.241 e. The van der Waals surface area contributed by atoms with Crippen molar-refractivity contribution in [2.45, 2.75) is 24.8 Å². The van der Waals surface area contributed by atoms with Crippen LogP contribution in [0.3, 0.4) is 0 Å². The molecule has 0 saturated carbocycles. The van der Waals surface area contributed by atoms with E-state index in [1.54, 1.807) is 26.0 Å². The first-order valence-electron chi connectivity index (χ1n) is 6.76. The van der Waals surface area contributed by atoms with E-state index in [-0.39, 0.29) is 4.90 Å². The van der Waals surface area contributed by atoms with Gasteiger partial charge in [0.1, 0.15) is 11.6 Å². The van der Waals surface area contributed by atoms with Crippen LogP contribution in [0.15, 0.2) is 47.4 Å². The Morgan fingerprint density at radius 2 is 1.86 bits per heavy atom. The fraction of sp³-hybridized carbons (Fsp3) is 0.250. The van der Waals surface area contributed by atoms with Crippen molar-refractivity contribution >= 4 is 10.0 Å².